The predicted octanol–water partition coefficient (Wildman–Crippen LogP) is 3.59. The van der Waals surface area contributed by atoms with E-state index in [4.69, 9.17) is 4.74 Å². The molecule has 0 atom stereocenters. The van der Waals surface area contributed by atoms with Crippen molar-refractivity contribution in [2.45, 2.75) is 25.3 Å². The maximum atomic E-state index is 12.8. The number of nitrogens with one attached hydrogen (secondary N) is 2. The lowest BCUT2D eigenvalue weighted by Crippen LogP contribution is -2.29. The van der Waals surface area contributed by atoms with Crippen LogP contribution in [0.15, 0.2) is 77.7 Å². The Balaban J connectivity index is 1.59. The highest BCUT2D eigenvalue weighted by molar-refractivity contribution is 7.89. The molecule has 0 aromatic heterocycles. The summed E-state index contributed by atoms with van der Waals surface area (Å²) in [6, 6.07) is 21.6. The van der Waals surface area contributed by atoms with Gasteiger partial charge in [0.25, 0.3) is 5.91 Å². The molecule has 0 saturated carbocycles. The first kappa shape index (κ1) is 22.5. The van der Waals surface area contributed by atoms with Crippen LogP contribution in [0.3, 0.4) is 0 Å². The van der Waals surface area contributed by atoms with Crippen LogP contribution in [0.2, 0.25) is 0 Å². The highest BCUT2D eigenvalue weighted by atomic mass is 32.2. The monoisotopic (exact) mass is 438 g/mol. The van der Waals surface area contributed by atoms with Crippen LogP contribution < -0.4 is 14.8 Å². The van der Waals surface area contributed by atoms with Crippen LogP contribution in [-0.2, 0) is 16.6 Å². The molecule has 0 radical (unpaired) electrons. The lowest BCUT2D eigenvalue weighted by Gasteiger charge is -2.12. The Hall–Kier alpha value is -3.16. The maximum absolute atomic E-state index is 12.8. The smallest absolute Gasteiger partial charge is 0.251 e. The number of hydrogen-bond acceptors (Lipinski definition) is 4. The Labute approximate surface area is 183 Å². The number of carbonyl (C=O) groups excluding carboxylic acids is 1. The predicted molar refractivity (Wildman–Crippen MR) is 121 cm³/mol. The van der Waals surface area contributed by atoms with Crippen LogP contribution in [0.5, 0.6) is 5.75 Å². The minimum Gasteiger partial charge on any atom is -0.492 e. The minimum atomic E-state index is -3.76. The molecule has 31 heavy (non-hydrogen) atoms. The first-order valence-corrected chi connectivity index (χ1v) is 11.5. The first-order valence-electron chi connectivity index (χ1n) is 9.97. The second kappa shape index (κ2) is 10.2. The fourth-order valence-electron chi connectivity index (χ4n) is 2.95. The van der Waals surface area contributed by atoms with Gasteiger partial charge in [-0.3, -0.25) is 4.79 Å². The second-order valence-electron chi connectivity index (χ2n) is 7.21. The third kappa shape index (κ3) is 6.41. The minimum absolute atomic E-state index is 0.0898. The molecule has 0 spiro atoms. The van der Waals surface area contributed by atoms with E-state index < -0.39 is 10.0 Å². The largest absolute Gasteiger partial charge is 0.492 e. The molecule has 2 N–H and O–H groups in total. The zero-order valence-corrected chi connectivity index (χ0v) is 18.4. The van der Waals surface area contributed by atoms with Crippen LogP contribution in [0.1, 0.15) is 27.0 Å². The summed E-state index contributed by atoms with van der Waals surface area (Å²) in [7, 11) is -3.76. The molecule has 0 aliphatic rings. The molecule has 1 amide bonds. The van der Waals surface area contributed by atoms with Gasteiger partial charge in [-0.15, -0.1) is 0 Å². The van der Waals surface area contributed by atoms with Crippen molar-refractivity contribution in [3.05, 3.63) is 95.1 Å². The van der Waals surface area contributed by atoms with Crippen LogP contribution in [-0.4, -0.2) is 27.5 Å². The standard InChI is InChI=1S/C24H26N2O4S/c1-18-8-12-22(13-9-18)30-15-14-25-24(27)21-11-10-19(2)23(16-21)31(28,29)26-17-20-6-4-3-5-7-20/h3-13,16,26H,14-15,17H2,1-2H3,(H,25,27). The summed E-state index contributed by atoms with van der Waals surface area (Å²) < 4.78 is 33.8. The van der Waals surface area contributed by atoms with Crippen molar-refractivity contribution in [1.82, 2.24) is 10.0 Å². The van der Waals surface area contributed by atoms with E-state index in [1.165, 1.54) is 6.07 Å². The normalized spacial score (nSPS) is 11.2. The topological polar surface area (TPSA) is 84.5 Å². The highest BCUT2D eigenvalue weighted by Crippen LogP contribution is 2.18. The summed E-state index contributed by atoms with van der Waals surface area (Å²) in [5.74, 6) is 0.375. The maximum Gasteiger partial charge on any atom is 0.251 e. The van der Waals surface area contributed by atoms with Crippen LogP contribution in [0, 0.1) is 13.8 Å². The number of sulfonamides is 1. The zero-order valence-electron chi connectivity index (χ0n) is 17.6. The average molecular weight is 439 g/mol. The molecule has 0 aliphatic heterocycles. The van der Waals surface area contributed by atoms with Gasteiger partial charge in [0, 0.05) is 12.1 Å². The summed E-state index contributed by atoms with van der Waals surface area (Å²) in [5, 5.41) is 2.76. The number of aryl methyl sites for hydroxylation is 2. The van der Waals surface area contributed by atoms with Gasteiger partial charge >= 0.3 is 0 Å². The van der Waals surface area contributed by atoms with Gasteiger partial charge in [0.15, 0.2) is 0 Å². The number of hydrogen-bond donors (Lipinski definition) is 2. The third-order valence-corrected chi connectivity index (χ3v) is 6.27. The van der Waals surface area contributed by atoms with Gasteiger partial charge < -0.3 is 10.1 Å². The van der Waals surface area contributed by atoms with Crippen molar-refractivity contribution >= 4 is 15.9 Å². The molecule has 3 aromatic rings. The summed E-state index contributed by atoms with van der Waals surface area (Å²) in [5.41, 5.74) is 2.84. The van der Waals surface area contributed by atoms with Crippen molar-refractivity contribution in [3.8, 4) is 5.75 Å². The van der Waals surface area contributed by atoms with E-state index >= 15 is 0 Å². The van der Waals surface area contributed by atoms with E-state index in [2.05, 4.69) is 10.0 Å². The van der Waals surface area contributed by atoms with Crippen LogP contribution in [0.25, 0.3) is 0 Å². The van der Waals surface area contributed by atoms with Gasteiger partial charge in [-0.1, -0.05) is 54.1 Å². The Morgan fingerprint density at radius 2 is 1.65 bits per heavy atom. The molecule has 0 unspecified atom stereocenters. The Morgan fingerprint density at radius 3 is 2.35 bits per heavy atom. The molecule has 0 bridgehead atoms. The quantitative estimate of drug-likeness (QED) is 0.500. The molecule has 6 nitrogen and oxygen atoms in total. The summed E-state index contributed by atoms with van der Waals surface area (Å²) in [6.07, 6.45) is 0. The highest BCUT2D eigenvalue weighted by Gasteiger charge is 2.19. The van der Waals surface area contributed by atoms with Gasteiger partial charge in [-0.2, -0.15) is 0 Å². The molecule has 162 valence electrons. The first-order chi connectivity index (χ1) is 14.8. The molecule has 3 aromatic carbocycles. The Bertz CT molecular complexity index is 1130. The summed E-state index contributed by atoms with van der Waals surface area (Å²) >= 11 is 0. The summed E-state index contributed by atoms with van der Waals surface area (Å²) in [4.78, 5) is 12.6. The lowest BCUT2D eigenvalue weighted by molar-refractivity contribution is 0.0947. The van der Waals surface area contributed by atoms with Crippen molar-refractivity contribution in [2.75, 3.05) is 13.2 Å². The number of amides is 1. The van der Waals surface area contributed by atoms with E-state index in [1.54, 1.807) is 19.1 Å². The van der Waals surface area contributed by atoms with E-state index in [9.17, 15) is 13.2 Å². The van der Waals surface area contributed by atoms with Gasteiger partial charge in [0.2, 0.25) is 10.0 Å². The molecule has 7 heteroatoms. The van der Waals surface area contributed by atoms with Crippen molar-refractivity contribution in [3.63, 3.8) is 0 Å². The SMILES string of the molecule is Cc1ccc(OCCNC(=O)c2ccc(C)c(S(=O)(=O)NCc3ccccc3)c2)cc1. The summed E-state index contributed by atoms with van der Waals surface area (Å²) in [6.45, 7) is 4.49. The molecule has 0 saturated heterocycles. The molecule has 0 heterocycles. The van der Waals surface area contributed by atoms with E-state index in [0.717, 1.165) is 16.9 Å². The average Bonchev–Trinajstić information content (AvgIpc) is 2.77. The zero-order chi connectivity index (χ0) is 22.3. The number of benzene rings is 3. The van der Waals surface area contributed by atoms with Crippen molar-refractivity contribution < 1.29 is 17.9 Å². The van der Waals surface area contributed by atoms with E-state index in [-0.39, 0.29) is 22.9 Å². The molecule has 0 aliphatic carbocycles. The van der Waals surface area contributed by atoms with Crippen LogP contribution in [0.4, 0.5) is 0 Å². The molecule has 3 rings (SSSR count). The van der Waals surface area contributed by atoms with Gasteiger partial charge in [0.05, 0.1) is 11.4 Å². The second-order valence-corrected chi connectivity index (χ2v) is 8.94. The molecular formula is C24H26N2O4S. The fourth-order valence-corrected chi connectivity index (χ4v) is 4.24. The van der Waals surface area contributed by atoms with E-state index in [0.29, 0.717) is 18.7 Å². The van der Waals surface area contributed by atoms with Crippen LogP contribution >= 0.6 is 0 Å². The van der Waals surface area contributed by atoms with Gasteiger partial charge in [0.1, 0.15) is 12.4 Å². The van der Waals surface area contributed by atoms with Crippen molar-refractivity contribution in [2.24, 2.45) is 0 Å². The van der Waals surface area contributed by atoms with Gasteiger partial charge in [-0.25, -0.2) is 13.1 Å². The number of rotatable bonds is 9. The molecular weight excluding hydrogens is 412 g/mol. The number of carbonyl (C=O) groups is 1. The third-order valence-electron chi connectivity index (χ3n) is 4.73. The van der Waals surface area contributed by atoms with Crippen molar-refractivity contribution in [1.29, 1.82) is 0 Å². The fraction of sp³-hybridized carbons (Fsp3) is 0.208. The number of ether oxygens (including phenoxy) is 1. The lowest BCUT2D eigenvalue weighted by atomic mass is 10.1. The molecule has 0 fully saturated rings. The van der Waals surface area contributed by atoms with Gasteiger partial charge in [-0.05, 0) is 49.2 Å². The Morgan fingerprint density at radius 1 is 0.935 bits per heavy atom. The Kier molecular flexibility index (Phi) is 7.44. The van der Waals surface area contributed by atoms with E-state index in [1.807, 2.05) is 61.5 Å².